The summed E-state index contributed by atoms with van der Waals surface area (Å²) >= 11 is 7.67. The van der Waals surface area contributed by atoms with Crippen molar-refractivity contribution in [3.8, 4) is 0 Å². The van der Waals surface area contributed by atoms with E-state index in [1.807, 2.05) is 36.0 Å². The fourth-order valence-corrected chi connectivity index (χ4v) is 2.41. The Morgan fingerprint density at radius 1 is 1.35 bits per heavy atom. The Balaban J connectivity index is 1.82. The molecule has 0 fully saturated rings. The minimum Gasteiger partial charge on any atom is -0.376 e. The number of rotatable bonds is 7. The average molecular weight is 312 g/mol. The summed E-state index contributed by atoms with van der Waals surface area (Å²) in [5.74, 6) is 2.14. The van der Waals surface area contributed by atoms with Crippen LogP contribution in [0.15, 0.2) is 28.8 Å². The second-order valence-electron chi connectivity index (χ2n) is 4.49. The van der Waals surface area contributed by atoms with E-state index in [0.29, 0.717) is 17.7 Å². The second-order valence-corrected chi connectivity index (χ2v) is 6.36. The number of halogens is 1. The molecule has 0 radical (unpaired) electrons. The van der Waals surface area contributed by atoms with Gasteiger partial charge in [0.15, 0.2) is 5.82 Å². The lowest BCUT2D eigenvalue weighted by molar-refractivity contribution is 0.379. The van der Waals surface area contributed by atoms with Gasteiger partial charge in [-0.05, 0) is 30.7 Å². The van der Waals surface area contributed by atoms with E-state index >= 15 is 0 Å². The zero-order chi connectivity index (χ0) is 14.4. The lowest BCUT2D eigenvalue weighted by Crippen LogP contribution is -2.00. The van der Waals surface area contributed by atoms with E-state index < -0.39 is 0 Å². The number of hydrogen-bond donors (Lipinski definition) is 1. The maximum Gasteiger partial charge on any atom is 0.245 e. The molecule has 1 atom stereocenters. The summed E-state index contributed by atoms with van der Waals surface area (Å²) in [6.45, 7) is 4.89. The van der Waals surface area contributed by atoms with Gasteiger partial charge in [-0.3, -0.25) is 0 Å². The van der Waals surface area contributed by atoms with Crippen molar-refractivity contribution in [3.05, 3.63) is 41.0 Å². The van der Waals surface area contributed by atoms with Crippen molar-refractivity contribution in [2.45, 2.75) is 37.8 Å². The fourth-order valence-electron chi connectivity index (χ4n) is 1.50. The Morgan fingerprint density at radius 2 is 2.10 bits per heavy atom. The van der Waals surface area contributed by atoms with Gasteiger partial charge < -0.3 is 9.84 Å². The summed E-state index contributed by atoms with van der Waals surface area (Å²) in [5, 5.41) is 8.53. The van der Waals surface area contributed by atoms with Gasteiger partial charge in [0, 0.05) is 16.0 Å². The number of aromatic nitrogens is 2. The molecule has 2 aromatic rings. The van der Waals surface area contributed by atoms with Gasteiger partial charge in [-0.25, -0.2) is 0 Å². The van der Waals surface area contributed by atoms with Crippen LogP contribution >= 0.6 is 23.4 Å². The number of nitrogens with one attached hydrogen (secondary N) is 1. The molecule has 0 saturated heterocycles. The lowest BCUT2D eigenvalue weighted by atomic mass is 10.3. The Hall–Kier alpha value is -1.20. The summed E-state index contributed by atoms with van der Waals surface area (Å²) < 4.78 is 5.21. The van der Waals surface area contributed by atoms with Crippen molar-refractivity contribution < 1.29 is 4.52 Å². The molecule has 20 heavy (non-hydrogen) atoms. The molecule has 0 aliphatic rings. The van der Waals surface area contributed by atoms with Gasteiger partial charge in [0.05, 0.1) is 12.3 Å². The van der Waals surface area contributed by atoms with Crippen molar-refractivity contribution in [1.29, 1.82) is 0 Å². The Kier molecular flexibility index (Phi) is 5.73. The van der Waals surface area contributed by atoms with Crippen LogP contribution in [0.4, 0.5) is 5.69 Å². The third-order valence-corrected chi connectivity index (χ3v) is 4.45. The van der Waals surface area contributed by atoms with Crippen LogP contribution in [0, 0.1) is 0 Å². The Labute approximate surface area is 128 Å². The summed E-state index contributed by atoms with van der Waals surface area (Å²) in [5.41, 5.74) is 0.975. The maximum absolute atomic E-state index is 5.83. The first-order valence-electron chi connectivity index (χ1n) is 6.60. The zero-order valence-corrected chi connectivity index (χ0v) is 13.2. The van der Waals surface area contributed by atoms with Crippen LogP contribution in [0.5, 0.6) is 0 Å². The van der Waals surface area contributed by atoms with Crippen molar-refractivity contribution in [2.24, 2.45) is 0 Å². The minimum absolute atomic E-state index is 0.516. The van der Waals surface area contributed by atoms with Crippen LogP contribution in [0.25, 0.3) is 0 Å². The van der Waals surface area contributed by atoms with Crippen LogP contribution in [0.1, 0.15) is 32.0 Å². The van der Waals surface area contributed by atoms with Crippen molar-refractivity contribution in [3.63, 3.8) is 0 Å². The highest BCUT2D eigenvalue weighted by atomic mass is 35.5. The largest absolute Gasteiger partial charge is 0.376 e. The number of benzene rings is 1. The predicted molar refractivity (Wildman–Crippen MR) is 84.1 cm³/mol. The van der Waals surface area contributed by atoms with E-state index in [4.69, 9.17) is 16.1 Å². The molecular formula is C14H18ClN3OS. The van der Waals surface area contributed by atoms with Crippen molar-refractivity contribution in [1.82, 2.24) is 10.1 Å². The Bertz CT molecular complexity index is 529. The molecular weight excluding hydrogens is 294 g/mol. The first-order chi connectivity index (χ1) is 9.67. The van der Waals surface area contributed by atoms with E-state index in [2.05, 4.69) is 29.3 Å². The fraction of sp³-hybridized carbons (Fsp3) is 0.429. The maximum atomic E-state index is 5.83. The zero-order valence-electron chi connectivity index (χ0n) is 11.6. The molecule has 1 N–H and O–H groups in total. The molecule has 4 nitrogen and oxygen atoms in total. The van der Waals surface area contributed by atoms with Crippen LogP contribution in [0.3, 0.4) is 0 Å². The van der Waals surface area contributed by atoms with E-state index in [1.54, 1.807) is 0 Å². The topological polar surface area (TPSA) is 51.0 Å². The SMILES string of the molecule is CCC(C)SCc1noc(CNc2ccc(Cl)cc2)n1. The van der Waals surface area contributed by atoms with Gasteiger partial charge in [0.25, 0.3) is 0 Å². The molecule has 1 aromatic heterocycles. The van der Waals surface area contributed by atoms with E-state index in [-0.39, 0.29) is 0 Å². The minimum atomic E-state index is 0.516. The molecule has 0 bridgehead atoms. The first kappa shape index (κ1) is 15.2. The van der Waals surface area contributed by atoms with Crippen molar-refractivity contribution >= 4 is 29.1 Å². The van der Waals surface area contributed by atoms with Crippen LogP contribution < -0.4 is 5.32 Å². The summed E-state index contributed by atoms with van der Waals surface area (Å²) in [4.78, 5) is 4.36. The standard InChI is InChI=1S/C14H18ClN3OS/c1-3-10(2)20-9-13-17-14(19-18-13)8-16-12-6-4-11(15)5-7-12/h4-7,10,16H,3,8-9H2,1-2H3. The summed E-state index contributed by atoms with van der Waals surface area (Å²) in [6, 6.07) is 7.51. The molecule has 0 aliphatic carbocycles. The number of hydrogen-bond acceptors (Lipinski definition) is 5. The molecule has 108 valence electrons. The normalized spacial score (nSPS) is 12.3. The van der Waals surface area contributed by atoms with Gasteiger partial charge >= 0.3 is 0 Å². The van der Waals surface area contributed by atoms with Crippen molar-refractivity contribution in [2.75, 3.05) is 5.32 Å². The molecule has 0 saturated carbocycles. The highest BCUT2D eigenvalue weighted by molar-refractivity contribution is 7.99. The van der Waals surface area contributed by atoms with Gasteiger partial charge in [-0.15, -0.1) is 0 Å². The molecule has 1 aromatic carbocycles. The molecule has 1 unspecified atom stereocenters. The monoisotopic (exact) mass is 311 g/mol. The summed E-state index contributed by atoms with van der Waals surface area (Å²) in [6.07, 6.45) is 1.15. The molecule has 0 amide bonds. The molecule has 0 spiro atoms. The number of anilines is 1. The van der Waals surface area contributed by atoms with Crippen LogP contribution in [0.2, 0.25) is 5.02 Å². The third kappa shape index (κ3) is 4.72. The van der Waals surface area contributed by atoms with E-state index in [0.717, 1.165) is 28.7 Å². The summed E-state index contributed by atoms with van der Waals surface area (Å²) in [7, 11) is 0. The van der Waals surface area contributed by atoms with Gasteiger partial charge in [0.1, 0.15) is 0 Å². The molecule has 6 heteroatoms. The van der Waals surface area contributed by atoms with Crippen LogP contribution in [-0.4, -0.2) is 15.4 Å². The average Bonchev–Trinajstić information content (AvgIpc) is 2.92. The lowest BCUT2D eigenvalue weighted by Gasteiger charge is -2.04. The Morgan fingerprint density at radius 3 is 2.80 bits per heavy atom. The predicted octanol–water partition coefficient (Wildman–Crippen LogP) is 4.37. The van der Waals surface area contributed by atoms with E-state index in [1.165, 1.54) is 0 Å². The van der Waals surface area contributed by atoms with Gasteiger partial charge in [-0.2, -0.15) is 16.7 Å². The first-order valence-corrected chi connectivity index (χ1v) is 8.02. The van der Waals surface area contributed by atoms with Gasteiger partial charge in [-0.1, -0.05) is 30.6 Å². The molecule has 1 heterocycles. The van der Waals surface area contributed by atoms with E-state index in [9.17, 15) is 0 Å². The van der Waals surface area contributed by atoms with Gasteiger partial charge in [0.2, 0.25) is 5.89 Å². The molecule has 0 aliphatic heterocycles. The van der Waals surface area contributed by atoms with Crippen LogP contribution in [-0.2, 0) is 12.3 Å². The molecule has 2 rings (SSSR count). The second kappa shape index (κ2) is 7.55. The highest BCUT2D eigenvalue weighted by Gasteiger charge is 2.08. The third-order valence-electron chi connectivity index (χ3n) is 2.87. The quantitative estimate of drug-likeness (QED) is 0.823. The number of nitrogens with zero attached hydrogens (tertiary/aromatic N) is 2. The smallest absolute Gasteiger partial charge is 0.245 e. The highest BCUT2D eigenvalue weighted by Crippen LogP contribution is 2.18. The number of thioether (sulfide) groups is 1.